The normalized spacial score (nSPS) is 17.2. The van der Waals surface area contributed by atoms with E-state index in [0.29, 0.717) is 12.3 Å². The lowest BCUT2D eigenvalue weighted by Gasteiger charge is -2.33. The molecule has 0 amide bonds. The lowest BCUT2D eigenvalue weighted by atomic mass is 10.0. The van der Waals surface area contributed by atoms with Crippen LogP contribution in [0.5, 0.6) is 0 Å². The van der Waals surface area contributed by atoms with Crippen molar-refractivity contribution < 1.29 is 9.50 Å². The second kappa shape index (κ2) is 8.51. The van der Waals surface area contributed by atoms with Gasteiger partial charge in [0.2, 0.25) is 0 Å². The van der Waals surface area contributed by atoms with Gasteiger partial charge in [0.15, 0.2) is 0 Å². The zero-order valence-corrected chi connectivity index (χ0v) is 16.4. The molecule has 0 radical (unpaired) electrons. The van der Waals surface area contributed by atoms with Gasteiger partial charge in [-0.25, -0.2) is 9.18 Å². The Hall–Kier alpha value is -2.09. The Labute approximate surface area is 167 Å². The molecule has 5 nitrogen and oxygen atoms in total. The van der Waals surface area contributed by atoms with Crippen LogP contribution < -0.4 is 5.69 Å². The van der Waals surface area contributed by atoms with Crippen molar-refractivity contribution in [3.63, 3.8) is 0 Å². The first-order valence-corrected chi connectivity index (χ1v) is 10.6. The molecule has 1 aliphatic heterocycles. The minimum absolute atomic E-state index is 0.0459. The number of nitrogens with zero attached hydrogens (tertiary/aromatic N) is 2. The monoisotopic (exact) mass is 401 g/mol. The first-order chi connectivity index (χ1) is 13.6. The van der Waals surface area contributed by atoms with Crippen molar-refractivity contribution in [3.8, 4) is 0 Å². The third kappa shape index (κ3) is 4.32. The number of aliphatic hydroxyl groups is 1. The summed E-state index contributed by atoms with van der Waals surface area (Å²) >= 11 is 1.53. The molecule has 1 aromatic heterocycles. The molecule has 0 bridgehead atoms. The standard InChI is InChI=1S/C21H24FN3O2S/c22-15-5-7-18(8-6-15)28-14-17(26)13-24-11-9-16(10-12-24)25-20-4-2-1-3-19(20)23-21(25)27/h1-8,16-17,26H,9-14H2,(H,23,27). The third-order valence-electron chi connectivity index (χ3n) is 5.27. The maximum Gasteiger partial charge on any atom is 0.326 e. The predicted molar refractivity (Wildman–Crippen MR) is 110 cm³/mol. The van der Waals surface area contributed by atoms with Crippen LogP contribution in [-0.4, -0.2) is 51.0 Å². The zero-order chi connectivity index (χ0) is 19.5. The summed E-state index contributed by atoms with van der Waals surface area (Å²) in [7, 11) is 0. The number of aromatic amines is 1. The van der Waals surface area contributed by atoms with Gasteiger partial charge in [0, 0.05) is 36.3 Å². The number of nitrogens with one attached hydrogen (secondary N) is 1. The molecule has 4 rings (SSSR count). The van der Waals surface area contributed by atoms with E-state index >= 15 is 0 Å². The van der Waals surface area contributed by atoms with E-state index in [1.165, 1.54) is 23.9 Å². The zero-order valence-electron chi connectivity index (χ0n) is 15.6. The molecule has 1 aliphatic rings. The highest BCUT2D eigenvalue weighted by Crippen LogP contribution is 2.25. The number of benzene rings is 2. The van der Waals surface area contributed by atoms with Crippen LogP contribution in [0.25, 0.3) is 11.0 Å². The smallest absolute Gasteiger partial charge is 0.326 e. The van der Waals surface area contributed by atoms with E-state index in [1.807, 2.05) is 28.8 Å². The second-order valence-corrected chi connectivity index (χ2v) is 8.36. The van der Waals surface area contributed by atoms with Gasteiger partial charge in [0.1, 0.15) is 5.82 Å². The van der Waals surface area contributed by atoms with Crippen molar-refractivity contribution in [1.29, 1.82) is 0 Å². The Bertz CT molecular complexity index is 977. The average Bonchev–Trinajstić information content (AvgIpc) is 3.04. The Morgan fingerprint density at radius 1 is 1.14 bits per heavy atom. The number of thioether (sulfide) groups is 1. The largest absolute Gasteiger partial charge is 0.391 e. The van der Waals surface area contributed by atoms with Gasteiger partial charge >= 0.3 is 5.69 Å². The number of β-amino-alcohol motifs (C(OH)–C–C–N with tert-alkyl or cyclic N) is 1. The van der Waals surface area contributed by atoms with Gasteiger partial charge in [0.05, 0.1) is 17.1 Å². The third-order valence-corrected chi connectivity index (χ3v) is 6.43. The van der Waals surface area contributed by atoms with Gasteiger partial charge in [-0.1, -0.05) is 12.1 Å². The van der Waals surface area contributed by atoms with Crippen molar-refractivity contribution in [2.75, 3.05) is 25.4 Å². The number of likely N-dealkylation sites (tertiary alicyclic amines) is 1. The van der Waals surface area contributed by atoms with Crippen LogP contribution in [0.3, 0.4) is 0 Å². The molecule has 3 aromatic rings. The Kier molecular flexibility index (Phi) is 5.85. The van der Waals surface area contributed by atoms with Crippen molar-refractivity contribution in [2.24, 2.45) is 0 Å². The Morgan fingerprint density at radius 3 is 2.61 bits per heavy atom. The van der Waals surface area contributed by atoms with Crippen LogP contribution in [0.4, 0.5) is 4.39 Å². The van der Waals surface area contributed by atoms with E-state index in [9.17, 15) is 14.3 Å². The quantitative estimate of drug-likeness (QED) is 0.623. The van der Waals surface area contributed by atoms with Gasteiger partial charge in [-0.05, 0) is 49.2 Å². The van der Waals surface area contributed by atoms with Crippen LogP contribution in [-0.2, 0) is 0 Å². The predicted octanol–water partition coefficient (Wildman–Crippen LogP) is 3.26. The number of hydrogen-bond donors (Lipinski definition) is 2. The first kappa shape index (κ1) is 19.2. The molecule has 2 N–H and O–H groups in total. The number of fused-ring (bicyclic) bond motifs is 1. The van der Waals surface area contributed by atoms with Crippen molar-refractivity contribution in [2.45, 2.75) is 29.9 Å². The maximum atomic E-state index is 13.0. The van der Waals surface area contributed by atoms with Crippen LogP contribution in [0.1, 0.15) is 18.9 Å². The van der Waals surface area contributed by atoms with Crippen LogP contribution in [0.15, 0.2) is 58.2 Å². The van der Waals surface area contributed by atoms with Gasteiger partial charge in [0.25, 0.3) is 0 Å². The Morgan fingerprint density at radius 2 is 1.86 bits per heavy atom. The summed E-state index contributed by atoms with van der Waals surface area (Å²) in [6.07, 6.45) is 1.33. The number of H-pyrrole nitrogens is 1. The van der Waals surface area contributed by atoms with E-state index in [4.69, 9.17) is 0 Å². The molecule has 0 spiro atoms. The van der Waals surface area contributed by atoms with Crippen LogP contribution in [0.2, 0.25) is 0 Å². The highest BCUT2D eigenvalue weighted by molar-refractivity contribution is 7.99. The summed E-state index contributed by atoms with van der Waals surface area (Å²) in [4.78, 5) is 18.5. The second-order valence-electron chi connectivity index (χ2n) is 7.27. The van der Waals surface area contributed by atoms with E-state index in [-0.39, 0.29) is 17.5 Å². The minimum atomic E-state index is -0.442. The molecule has 0 aliphatic carbocycles. The molecule has 0 saturated carbocycles. The highest BCUT2D eigenvalue weighted by atomic mass is 32.2. The number of aliphatic hydroxyl groups excluding tert-OH is 1. The van der Waals surface area contributed by atoms with Gasteiger partial charge in [-0.15, -0.1) is 11.8 Å². The summed E-state index contributed by atoms with van der Waals surface area (Å²) < 4.78 is 14.8. The summed E-state index contributed by atoms with van der Waals surface area (Å²) in [6.45, 7) is 2.33. The van der Waals surface area contributed by atoms with Gasteiger partial charge < -0.3 is 15.0 Å². The topological polar surface area (TPSA) is 61.3 Å². The van der Waals surface area contributed by atoms with Gasteiger partial charge in [-0.3, -0.25) is 4.57 Å². The van der Waals surface area contributed by atoms with Crippen LogP contribution >= 0.6 is 11.8 Å². The number of rotatable bonds is 6. The van der Waals surface area contributed by atoms with E-state index in [1.54, 1.807) is 12.1 Å². The van der Waals surface area contributed by atoms with E-state index in [0.717, 1.165) is 41.9 Å². The molecule has 148 valence electrons. The molecule has 1 atom stereocenters. The summed E-state index contributed by atoms with van der Waals surface area (Å²) in [5, 5.41) is 10.4. The fraction of sp³-hybridized carbons (Fsp3) is 0.381. The van der Waals surface area contributed by atoms with Gasteiger partial charge in [-0.2, -0.15) is 0 Å². The lowest BCUT2D eigenvalue weighted by Crippen LogP contribution is -2.41. The average molecular weight is 402 g/mol. The molecular formula is C21H24FN3O2S. The van der Waals surface area contributed by atoms with Crippen molar-refractivity contribution >= 4 is 22.8 Å². The van der Waals surface area contributed by atoms with E-state index in [2.05, 4.69) is 9.88 Å². The molecule has 1 unspecified atom stereocenters. The Balaban J connectivity index is 1.29. The number of halogens is 1. The fourth-order valence-electron chi connectivity index (χ4n) is 3.87. The molecular weight excluding hydrogens is 377 g/mol. The summed E-state index contributed by atoms with van der Waals surface area (Å²) in [5.74, 6) is 0.329. The molecule has 1 fully saturated rings. The minimum Gasteiger partial charge on any atom is -0.391 e. The first-order valence-electron chi connectivity index (χ1n) is 9.58. The number of aromatic nitrogens is 2. The molecule has 2 aromatic carbocycles. The molecule has 28 heavy (non-hydrogen) atoms. The van der Waals surface area contributed by atoms with E-state index < -0.39 is 6.10 Å². The SMILES string of the molecule is O=c1[nH]c2ccccc2n1C1CCN(CC(O)CSc2ccc(F)cc2)CC1. The molecule has 7 heteroatoms. The molecule has 2 heterocycles. The maximum absolute atomic E-state index is 13.0. The number of piperidine rings is 1. The lowest BCUT2D eigenvalue weighted by molar-refractivity contribution is 0.104. The fourth-order valence-corrected chi connectivity index (χ4v) is 4.69. The summed E-state index contributed by atoms with van der Waals surface area (Å²) in [6, 6.07) is 14.3. The highest BCUT2D eigenvalue weighted by Gasteiger charge is 2.24. The summed E-state index contributed by atoms with van der Waals surface area (Å²) in [5.41, 5.74) is 1.79. The number of imidazole rings is 1. The number of para-hydroxylation sites is 2. The van der Waals surface area contributed by atoms with Crippen molar-refractivity contribution in [1.82, 2.24) is 14.5 Å². The molecule has 1 saturated heterocycles. The van der Waals surface area contributed by atoms with Crippen molar-refractivity contribution in [3.05, 3.63) is 64.8 Å². The van der Waals surface area contributed by atoms with Crippen LogP contribution in [0, 0.1) is 5.82 Å². The number of hydrogen-bond acceptors (Lipinski definition) is 4.